The van der Waals surface area contributed by atoms with Gasteiger partial charge in [-0.25, -0.2) is 4.68 Å². The highest BCUT2D eigenvalue weighted by Crippen LogP contribution is 2.35. The van der Waals surface area contributed by atoms with E-state index < -0.39 is 4.92 Å². The molecule has 100 valence electrons. The summed E-state index contributed by atoms with van der Waals surface area (Å²) in [6.07, 6.45) is 0. The fourth-order valence-electron chi connectivity index (χ4n) is 1.65. The highest BCUT2D eigenvalue weighted by molar-refractivity contribution is 7.17. The first-order valence-electron chi connectivity index (χ1n) is 5.34. The Kier molecular flexibility index (Phi) is 3.42. The Morgan fingerprint density at radius 1 is 1.53 bits per heavy atom. The van der Waals surface area contributed by atoms with E-state index in [0.717, 1.165) is 11.3 Å². The number of carbonyl (C=O) groups excluding carboxylic acids is 1. The minimum Gasteiger partial charge on any atom is -0.294 e. The van der Waals surface area contributed by atoms with Crippen molar-refractivity contribution in [3.8, 4) is 5.00 Å². The van der Waals surface area contributed by atoms with Crippen LogP contribution in [0.25, 0.3) is 5.00 Å². The van der Waals surface area contributed by atoms with E-state index in [1.54, 1.807) is 13.8 Å². The second kappa shape index (κ2) is 4.75. The van der Waals surface area contributed by atoms with E-state index >= 15 is 0 Å². The maximum Gasteiger partial charge on any atom is 0.306 e. The Balaban J connectivity index is 2.70. The third-order valence-electron chi connectivity index (χ3n) is 2.63. The number of ketones is 1. The van der Waals surface area contributed by atoms with Gasteiger partial charge in [-0.15, -0.1) is 11.3 Å². The molecule has 2 heterocycles. The third kappa shape index (κ3) is 2.26. The monoisotopic (exact) mass is 299 g/mol. The maximum atomic E-state index is 11.4. The van der Waals surface area contributed by atoms with E-state index in [9.17, 15) is 14.9 Å². The molecule has 6 nitrogen and oxygen atoms in total. The van der Waals surface area contributed by atoms with Gasteiger partial charge in [0, 0.05) is 6.07 Å². The summed E-state index contributed by atoms with van der Waals surface area (Å²) in [4.78, 5) is 22.2. The van der Waals surface area contributed by atoms with Gasteiger partial charge in [-0.1, -0.05) is 11.6 Å². The first kappa shape index (κ1) is 13.7. The molecule has 0 N–H and O–H groups in total. The average Bonchev–Trinajstić information content (AvgIpc) is 2.87. The zero-order valence-electron chi connectivity index (χ0n) is 10.4. The smallest absolute Gasteiger partial charge is 0.294 e. The number of aryl methyl sites for hydroxylation is 1. The number of carbonyl (C=O) groups is 1. The Hall–Kier alpha value is -1.73. The number of hydrogen-bond donors (Lipinski definition) is 0. The number of nitrogens with zero attached hydrogens (tertiary/aromatic N) is 3. The number of thiophene rings is 1. The predicted octanol–water partition coefficient (Wildman–Crippen LogP) is 3.31. The fraction of sp³-hybridized carbons (Fsp3) is 0.273. The van der Waals surface area contributed by atoms with Crippen LogP contribution < -0.4 is 0 Å². The molecule has 0 fully saturated rings. The van der Waals surface area contributed by atoms with Gasteiger partial charge < -0.3 is 0 Å². The molecular weight excluding hydrogens is 290 g/mol. The number of Topliss-reactive ketones (excluding diaryl/α,β-unsaturated/α-hetero) is 1. The summed E-state index contributed by atoms with van der Waals surface area (Å²) in [5.74, 6) is -0.216. The van der Waals surface area contributed by atoms with Gasteiger partial charge in [0.15, 0.2) is 10.8 Å². The molecule has 0 spiro atoms. The molecule has 0 aliphatic heterocycles. The molecule has 0 amide bonds. The van der Waals surface area contributed by atoms with Crippen molar-refractivity contribution in [3.63, 3.8) is 0 Å². The summed E-state index contributed by atoms with van der Waals surface area (Å²) in [6, 6.07) is 1.27. The molecule has 0 radical (unpaired) electrons. The average molecular weight is 300 g/mol. The van der Waals surface area contributed by atoms with E-state index in [0.29, 0.717) is 26.3 Å². The topological polar surface area (TPSA) is 78.0 Å². The second-order valence-electron chi connectivity index (χ2n) is 4.01. The molecule has 8 heteroatoms. The largest absolute Gasteiger partial charge is 0.306 e. The molecule has 0 aliphatic rings. The molecule has 19 heavy (non-hydrogen) atoms. The predicted molar refractivity (Wildman–Crippen MR) is 72.6 cm³/mol. The van der Waals surface area contributed by atoms with E-state index in [2.05, 4.69) is 5.10 Å². The summed E-state index contributed by atoms with van der Waals surface area (Å²) >= 11 is 7.07. The van der Waals surface area contributed by atoms with Crippen molar-refractivity contribution in [1.82, 2.24) is 9.78 Å². The SMILES string of the molecule is CC(=O)c1cc([N+](=O)[O-])c(-n2nc(C)c(Cl)c2C)s1. The standard InChI is InChI=1S/C11H10ClN3O3S/c1-5-10(12)6(2)14(13-5)11-8(15(17)18)4-9(19-11)7(3)16/h4H,1-3H3. The minimum absolute atomic E-state index is 0.141. The van der Waals surface area contributed by atoms with Crippen molar-refractivity contribution in [3.05, 3.63) is 37.5 Å². The Morgan fingerprint density at radius 2 is 2.16 bits per heavy atom. The molecular formula is C11H10ClN3O3S. The second-order valence-corrected chi connectivity index (χ2v) is 5.42. The number of halogens is 1. The highest BCUT2D eigenvalue weighted by atomic mass is 35.5. The van der Waals surface area contributed by atoms with Gasteiger partial charge in [0.2, 0.25) is 0 Å². The molecule has 0 saturated heterocycles. The summed E-state index contributed by atoms with van der Waals surface area (Å²) in [7, 11) is 0. The molecule has 0 aromatic carbocycles. The van der Waals surface area contributed by atoms with Crippen LogP contribution in [0, 0.1) is 24.0 Å². The van der Waals surface area contributed by atoms with Crippen LogP contribution in [0.5, 0.6) is 0 Å². The highest BCUT2D eigenvalue weighted by Gasteiger charge is 2.25. The summed E-state index contributed by atoms with van der Waals surface area (Å²) in [6.45, 7) is 4.81. The molecule has 2 aromatic heterocycles. The Bertz CT molecular complexity index is 690. The van der Waals surface area contributed by atoms with E-state index in [1.807, 2.05) is 0 Å². The number of aromatic nitrogens is 2. The van der Waals surface area contributed by atoms with Gasteiger partial charge >= 0.3 is 5.69 Å². The summed E-state index contributed by atoms with van der Waals surface area (Å²) < 4.78 is 1.41. The number of hydrogen-bond acceptors (Lipinski definition) is 5. The molecule has 2 rings (SSSR count). The maximum absolute atomic E-state index is 11.4. The summed E-state index contributed by atoms with van der Waals surface area (Å²) in [5.41, 5.74) is 1.06. The van der Waals surface area contributed by atoms with Gasteiger partial charge in [0.1, 0.15) is 0 Å². The molecule has 0 aliphatic carbocycles. The Morgan fingerprint density at radius 3 is 2.58 bits per heavy atom. The molecule has 0 unspecified atom stereocenters. The zero-order chi connectivity index (χ0) is 14.3. The van der Waals surface area contributed by atoms with Gasteiger partial charge in [-0.2, -0.15) is 5.10 Å². The van der Waals surface area contributed by atoms with Crippen LogP contribution in [-0.2, 0) is 0 Å². The zero-order valence-corrected chi connectivity index (χ0v) is 12.0. The lowest BCUT2D eigenvalue weighted by molar-refractivity contribution is -0.384. The third-order valence-corrected chi connectivity index (χ3v) is 4.38. The Labute approximate surface area is 117 Å². The van der Waals surface area contributed by atoms with Crippen molar-refractivity contribution >= 4 is 34.4 Å². The van der Waals surface area contributed by atoms with Crippen LogP contribution in [0.1, 0.15) is 28.0 Å². The molecule has 0 bridgehead atoms. The van der Waals surface area contributed by atoms with Gasteiger partial charge in [-0.05, 0) is 20.8 Å². The van der Waals surface area contributed by atoms with Crippen LogP contribution in [-0.4, -0.2) is 20.5 Å². The van der Waals surface area contributed by atoms with Crippen molar-refractivity contribution in [2.24, 2.45) is 0 Å². The first-order chi connectivity index (χ1) is 8.82. The van der Waals surface area contributed by atoms with E-state index in [4.69, 9.17) is 11.6 Å². The van der Waals surface area contributed by atoms with Crippen LogP contribution in [0.15, 0.2) is 6.07 Å². The van der Waals surface area contributed by atoms with Crippen molar-refractivity contribution in [2.75, 3.05) is 0 Å². The van der Waals surface area contributed by atoms with Crippen molar-refractivity contribution < 1.29 is 9.72 Å². The number of rotatable bonds is 3. The lowest BCUT2D eigenvalue weighted by atomic mass is 10.3. The van der Waals surface area contributed by atoms with Gasteiger partial charge in [-0.3, -0.25) is 14.9 Å². The normalized spacial score (nSPS) is 10.7. The molecule has 0 atom stereocenters. The van der Waals surface area contributed by atoms with Crippen LogP contribution in [0.3, 0.4) is 0 Å². The number of nitro groups is 1. The molecule has 2 aromatic rings. The van der Waals surface area contributed by atoms with Crippen LogP contribution in [0.4, 0.5) is 5.69 Å². The fourth-order valence-corrected chi connectivity index (χ4v) is 2.79. The van der Waals surface area contributed by atoms with E-state index in [1.165, 1.54) is 17.7 Å². The summed E-state index contributed by atoms with van der Waals surface area (Å²) in [5, 5.41) is 16.0. The minimum atomic E-state index is -0.525. The lowest BCUT2D eigenvalue weighted by Gasteiger charge is -1.99. The van der Waals surface area contributed by atoms with Gasteiger partial charge in [0.05, 0.1) is 26.2 Å². The lowest BCUT2D eigenvalue weighted by Crippen LogP contribution is -2.00. The van der Waals surface area contributed by atoms with Crippen molar-refractivity contribution in [2.45, 2.75) is 20.8 Å². The van der Waals surface area contributed by atoms with Gasteiger partial charge in [0.25, 0.3) is 0 Å². The quantitative estimate of drug-likeness (QED) is 0.495. The molecule has 0 saturated carbocycles. The van der Waals surface area contributed by atoms with Crippen LogP contribution in [0.2, 0.25) is 5.02 Å². The van der Waals surface area contributed by atoms with E-state index in [-0.39, 0.29) is 11.5 Å². The first-order valence-corrected chi connectivity index (χ1v) is 6.53. The van der Waals surface area contributed by atoms with Crippen LogP contribution >= 0.6 is 22.9 Å². The van der Waals surface area contributed by atoms with Crippen molar-refractivity contribution in [1.29, 1.82) is 0 Å².